The minimum absolute atomic E-state index is 0.135. The summed E-state index contributed by atoms with van der Waals surface area (Å²) >= 11 is 3.99. The highest BCUT2D eigenvalue weighted by Gasteiger charge is 2.10. The highest BCUT2D eigenvalue weighted by atomic mass is 127. The molecule has 4 nitrogen and oxygen atoms in total. The predicted octanol–water partition coefficient (Wildman–Crippen LogP) is 3.75. The molecule has 1 aromatic rings. The largest absolute Gasteiger partial charge is 0.381 e. The van der Waals surface area contributed by atoms with E-state index in [1.807, 2.05) is 11.8 Å². The number of benzene rings is 1. The first-order valence-corrected chi connectivity index (χ1v) is 7.56. The lowest BCUT2D eigenvalue weighted by atomic mass is 10.2. The molecule has 0 heterocycles. The molecular weight excluding hydrogens is 351 g/mol. The van der Waals surface area contributed by atoms with Gasteiger partial charge < -0.3 is 5.32 Å². The molecule has 0 aliphatic heterocycles. The van der Waals surface area contributed by atoms with Crippen molar-refractivity contribution in [2.75, 3.05) is 16.8 Å². The van der Waals surface area contributed by atoms with Crippen molar-refractivity contribution in [3.05, 3.63) is 31.9 Å². The summed E-state index contributed by atoms with van der Waals surface area (Å²) in [6, 6.07) is 5.25. The molecule has 0 radical (unpaired) electrons. The number of rotatable bonds is 6. The number of hydrogen-bond acceptors (Lipinski definition) is 4. The summed E-state index contributed by atoms with van der Waals surface area (Å²) < 4.78 is 0.880. The van der Waals surface area contributed by atoms with Crippen LogP contribution in [0.15, 0.2) is 18.2 Å². The number of non-ortho nitro benzene ring substituents is 1. The molecule has 1 aromatic carbocycles. The molecule has 6 heteroatoms. The van der Waals surface area contributed by atoms with E-state index in [2.05, 4.69) is 41.8 Å². The van der Waals surface area contributed by atoms with E-state index in [9.17, 15) is 10.1 Å². The SMILES string of the molecule is CCSCC(C)Nc1ccc([N+](=O)[O-])cc1I. The number of nitro benzene ring substituents is 1. The van der Waals surface area contributed by atoms with Gasteiger partial charge in [0.15, 0.2) is 0 Å². The van der Waals surface area contributed by atoms with Crippen LogP contribution in [0.3, 0.4) is 0 Å². The van der Waals surface area contributed by atoms with Crippen LogP contribution in [0, 0.1) is 13.7 Å². The van der Waals surface area contributed by atoms with E-state index in [1.54, 1.807) is 12.1 Å². The molecule has 17 heavy (non-hydrogen) atoms. The van der Waals surface area contributed by atoms with Crippen molar-refractivity contribution in [3.63, 3.8) is 0 Å². The molecule has 0 saturated heterocycles. The molecule has 94 valence electrons. The Morgan fingerprint density at radius 1 is 1.59 bits per heavy atom. The quantitative estimate of drug-likeness (QED) is 0.473. The Morgan fingerprint density at radius 3 is 2.82 bits per heavy atom. The Morgan fingerprint density at radius 2 is 2.29 bits per heavy atom. The van der Waals surface area contributed by atoms with Gasteiger partial charge in [-0.3, -0.25) is 10.1 Å². The van der Waals surface area contributed by atoms with E-state index < -0.39 is 0 Å². The van der Waals surface area contributed by atoms with Crippen molar-refractivity contribution in [1.29, 1.82) is 0 Å². The fourth-order valence-corrected chi connectivity index (χ4v) is 2.66. The van der Waals surface area contributed by atoms with Gasteiger partial charge in [0.25, 0.3) is 5.69 Å². The van der Waals surface area contributed by atoms with E-state index in [4.69, 9.17) is 0 Å². The molecule has 0 fully saturated rings. The van der Waals surface area contributed by atoms with Crippen molar-refractivity contribution in [3.8, 4) is 0 Å². The van der Waals surface area contributed by atoms with Gasteiger partial charge in [-0.15, -0.1) is 0 Å². The number of hydrogen-bond donors (Lipinski definition) is 1. The maximum absolute atomic E-state index is 10.6. The summed E-state index contributed by atoms with van der Waals surface area (Å²) in [6.45, 7) is 4.24. The Hall–Kier alpha value is -0.500. The maximum atomic E-state index is 10.6. The zero-order chi connectivity index (χ0) is 12.8. The first kappa shape index (κ1) is 14.6. The summed E-state index contributed by atoms with van der Waals surface area (Å²) in [6.07, 6.45) is 0. The summed E-state index contributed by atoms with van der Waals surface area (Å²) in [4.78, 5) is 10.2. The third kappa shape index (κ3) is 4.71. The lowest BCUT2D eigenvalue weighted by Crippen LogP contribution is -2.18. The normalized spacial score (nSPS) is 12.2. The van der Waals surface area contributed by atoms with Crippen LogP contribution in [-0.4, -0.2) is 22.5 Å². The van der Waals surface area contributed by atoms with Crippen LogP contribution in [0.4, 0.5) is 11.4 Å². The van der Waals surface area contributed by atoms with Gasteiger partial charge >= 0.3 is 0 Å². The van der Waals surface area contributed by atoms with Gasteiger partial charge in [0, 0.05) is 33.2 Å². The van der Waals surface area contributed by atoms with E-state index in [-0.39, 0.29) is 10.6 Å². The van der Waals surface area contributed by atoms with Crippen molar-refractivity contribution in [2.45, 2.75) is 19.9 Å². The van der Waals surface area contributed by atoms with E-state index in [0.717, 1.165) is 20.8 Å². The van der Waals surface area contributed by atoms with Crippen LogP contribution in [0.1, 0.15) is 13.8 Å². The average molecular weight is 366 g/mol. The lowest BCUT2D eigenvalue weighted by Gasteiger charge is -2.15. The fraction of sp³-hybridized carbons (Fsp3) is 0.455. The number of anilines is 1. The van der Waals surface area contributed by atoms with Crippen molar-refractivity contribution < 1.29 is 4.92 Å². The molecule has 0 amide bonds. The second-order valence-corrected chi connectivity index (χ2v) is 6.11. The fourth-order valence-electron chi connectivity index (χ4n) is 1.34. The van der Waals surface area contributed by atoms with Gasteiger partial charge in [0.1, 0.15) is 0 Å². The van der Waals surface area contributed by atoms with Gasteiger partial charge in [0.2, 0.25) is 0 Å². The molecule has 0 saturated carbocycles. The van der Waals surface area contributed by atoms with Crippen LogP contribution in [0.25, 0.3) is 0 Å². The Kier molecular flexibility index (Phi) is 6.04. The zero-order valence-electron chi connectivity index (χ0n) is 9.77. The first-order chi connectivity index (χ1) is 8.04. The minimum Gasteiger partial charge on any atom is -0.381 e. The number of nitrogens with zero attached hydrogens (tertiary/aromatic N) is 1. The van der Waals surface area contributed by atoms with Crippen molar-refractivity contribution in [2.24, 2.45) is 0 Å². The summed E-state index contributed by atoms with van der Waals surface area (Å²) in [5.74, 6) is 2.13. The lowest BCUT2D eigenvalue weighted by molar-refractivity contribution is -0.384. The maximum Gasteiger partial charge on any atom is 0.270 e. The van der Waals surface area contributed by atoms with Gasteiger partial charge in [-0.25, -0.2) is 0 Å². The van der Waals surface area contributed by atoms with Gasteiger partial charge in [-0.1, -0.05) is 6.92 Å². The molecule has 0 spiro atoms. The Balaban J connectivity index is 2.69. The van der Waals surface area contributed by atoms with Crippen LogP contribution in [0.2, 0.25) is 0 Å². The topological polar surface area (TPSA) is 55.2 Å². The zero-order valence-corrected chi connectivity index (χ0v) is 12.7. The number of nitro groups is 1. The number of thioether (sulfide) groups is 1. The molecule has 1 rings (SSSR count). The van der Waals surface area contributed by atoms with Crippen LogP contribution >= 0.6 is 34.4 Å². The second kappa shape index (κ2) is 7.05. The molecule has 1 atom stereocenters. The average Bonchev–Trinajstić information content (AvgIpc) is 2.28. The monoisotopic (exact) mass is 366 g/mol. The minimum atomic E-state index is -0.373. The molecule has 1 N–H and O–H groups in total. The Labute approximate surface area is 119 Å². The molecule has 0 aliphatic rings. The predicted molar refractivity (Wildman–Crippen MR) is 81.9 cm³/mol. The summed E-state index contributed by atoms with van der Waals surface area (Å²) in [5, 5.41) is 14.0. The third-order valence-electron chi connectivity index (χ3n) is 2.14. The van der Waals surface area contributed by atoms with Crippen molar-refractivity contribution >= 4 is 45.7 Å². The number of nitrogens with one attached hydrogen (secondary N) is 1. The van der Waals surface area contributed by atoms with Gasteiger partial charge in [-0.05, 0) is 41.3 Å². The molecule has 1 unspecified atom stereocenters. The van der Waals surface area contributed by atoms with Gasteiger partial charge in [0.05, 0.1) is 4.92 Å². The third-order valence-corrected chi connectivity index (χ3v) is 4.17. The van der Waals surface area contributed by atoms with Crippen LogP contribution in [-0.2, 0) is 0 Å². The molecule has 0 aromatic heterocycles. The smallest absolute Gasteiger partial charge is 0.270 e. The molecular formula is C11H15IN2O2S. The highest BCUT2D eigenvalue weighted by molar-refractivity contribution is 14.1. The Bertz CT molecular complexity index is 401. The summed E-state index contributed by atoms with van der Waals surface area (Å²) in [5.41, 5.74) is 1.09. The van der Waals surface area contributed by atoms with Gasteiger partial charge in [-0.2, -0.15) is 11.8 Å². The van der Waals surface area contributed by atoms with Crippen LogP contribution in [0.5, 0.6) is 0 Å². The van der Waals surface area contributed by atoms with Crippen molar-refractivity contribution in [1.82, 2.24) is 0 Å². The van der Waals surface area contributed by atoms with E-state index in [1.165, 1.54) is 6.07 Å². The van der Waals surface area contributed by atoms with E-state index >= 15 is 0 Å². The molecule has 0 aliphatic carbocycles. The first-order valence-electron chi connectivity index (χ1n) is 5.32. The summed E-state index contributed by atoms with van der Waals surface area (Å²) in [7, 11) is 0. The van der Waals surface area contributed by atoms with E-state index in [0.29, 0.717) is 6.04 Å². The highest BCUT2D eigenvalue weighted by Crippen LogP contribution is 2.24. The molecule has 0 bridgehead atoms. The number of halogens is 1. The van der Waals surface area contributed by atoms with Crippen LogP contribution < -0.4 is 5.32 Å². The standard InChI is InChI=1S/C11H15IN2O2S/c1-3-17-7-8(2)13-11-5-4-9(14(15)16)6-10(11)12/h4-6,8,13H,3,7H2,1-2H3. The second-order valence-electron chi connectivity index (χ2n) is 3.63.